The van der Waals surface area contributed by atoms with Crippen molar-refractivity contribution in [2.45, 2.75) is 103 Å². The molecule has 32 heavy (non-hydrogen) atoms. The molecule has 180 valence electrons. The summed E-state index contributed by atoms with van der Waals surface area (Å²) in [4.78, 5) is 23.3. The molecule has 0 atom stereocenters. The van der Waals surface area contributed by atoms with E-state index in [2.05, 4.69) is 19.1 Å². The van der Waals surface area contributed by atoms with Gasteiger partial charge in [0.15, 0.2) is 0 Å². The lowest BCUT2D eigenvalue weighted by Crippen LogP contribution is -2.06. The average molecular weight is 445 g/mol. The molecule has 4 heteroatoms. The zero-order valence-electron chi connectivity index (χ0n) is 20.2. The highest BCUT2D eigenvalue weighted by Gasteiger charge is 2.02. The maximum atomic E-state index is 11.7. The first-order chi connectivity index (χ1) is 15.7. The van der Waals surface area contributed by atoms with Crippen LogP contribution in [0.5, 0.6) is 0 Å². The van der Waals surface area contributed by atoms with E-state index in [1.807, 2.05) is 18.2 Å². The van der Waals surface area contributed by atoms with Crippen molar-refractivity contribution in [2.24, 2.45) is 0 Å². The molecule has 1 rings (SSSR count). The highest BCUT2D eigenvalue weighted by molar-refractivity contribution is 5.91. The van der Waals surface area contributed by atoms with Gasteiger partial charge in [0.05, 0.1) is 13.2 Å². The molecule has 0 aromatic heterocycles. The highest BCUT2D eigenvalue weighted by atomic mass is 16.5. The monoisotopic (exact) mass is 444 g/mol. The Hall–Kier alpha value is -2.10. The minimum absolute atomic E-state index is 0.339. The van der Waals surface area contributed by atoms with Crippen LogP contribution in [0, 0.1) is 0 Å². The van der Waals surface area contributed by atoms with Gasteiger partial charge in [-0.15, -0.1) is 0 Å². The quantitative estimate of drug-likeness (QED) is 0.120. The Bertz CT molecular complexity index is 609. The van der Waals surface area contributed by atoms with Crippen molar-refractivity contribution in [3.8, 4) is 0 Å². The zero-order chi connectivity index (χ0) is 23.1. The number of ether oxygens (including phenoxy) is 2. The van der Waals surface area contributed by atoms with Crippen molar-refractivity contribution >= 4 is 11.9 Å². The van der Waals surface area contributed by atoms with Crippen LogP contribution in [0.15, 0.2) is 42.5 Å². The van der Waals surface area contributed by atoms with Gasteiger partial charge >= 0.3 is 11.9 Å². The highest BCUT2D eigenvalue weighted by Crippen LogP contribution is 2.12. The van der Waals surface area contributed by atoms with Crippen LogP contribution >= 0.6 is 0 Å². The molecule has 1 aromatic carbocycles. The third-order valence-electron chi connectivity index (χ3n) is 5.54. The molecule has 0 spiro atoms. The standard InChI is InChI=1S/C28H44O4/c1-2-3-4-5-6-7-8-9-10-11-12-13-17-24-31-27(29)22-23-28(30)32-25-18-21-26-19-15-14-16-20-26/h14-16,19-20,22-23H,2-13,17-18,21,24-25H2,1H3/b23-22+. The van der Waals surface area contributed by atoms with E-state index < -0.39 is 11.9 Å². The first-order valence-corrected chi connectivity index (χ1v) is 12.8. The van der Waals surface area contributed by atoms with E-state index in [9.17, 15) is 9.59 Å². The first-order valence-electron chi connectivity index (χ1n) is 12.8. The van der Waals surface area contributed by atoms with E-state index in [0.29, 0.717) is 13.2 Å². The smallest absolute Gasteiger partial charge is 0.331 e. The molecule has 0 heterocycles. The molecule has 0 fully saturated rings. The van der Waals surface area contributed by atoms with Crippen molar-refractivity contribution in [1.82, 2.24) is 0 Å². The van der Waals surface area contributed by atoms with Gasteiger partial charge in [0, 0.05) is 12.2 Å². The van der Waals surface area contributed by atoms with Crippen LogP contribution in [0.1, 0.15) is 102 Å². The maximum Gasteiger partial charge on any atom is 0.331 e. The van der Waals surface area contributed by atoms with E-state index in [-0.39, 0.29) is 0 Å². The summed E-state index contributed by atoms with van der Waals surface area (Å²) in [5.74, 6) is -0.985. The zero-order valence-corrected chi connectivity index (χ0v) is 20.2. The molecule has 0 radical (unpaired) electrons. The maximum absolute atomic E-state index is 11.7. The molecule has 0 N–H and O–H groups in total. The van der Waals surface area contributed by atoms with Gasteiger partial charge < -0.3 is 9.47 Å². The van der Waals surface area contributed by atoms with Crippen LogP contribution in [-0.4, -0.2) is 25.2 Å². The lowest BCUT2D eigenvalue weighted by molar-refractivity contribution is -0.140. The molecule has 0 saturated carbocycles. The number of aryl methyl sites for hydroxylation is 1. The fraction of sp³-hybridized carbons (Fsp3) is 0.643. The van der Waals surface area contributed by atoms with Gasteiger partial charge in [-0.1, -0.05) is 114 Å². The lowest BCUT2D eigenvalue weighted by atomic mass is 10.0. The summed E-state index contributed by atoms with van der Waals surface area (Å²) in [6.07, 6.45) is 20.6. The molecular weight excluding hydrogens is 400 g/mol. The number of unbranched alkanes of at least 4 members (excludes halogenated alkanes) is 12. The first kappa shape index (κ1) is 27.9. The van der Waals surface area contributed by atoms with Crippen molar-refractivity contribution in [3.63, 3.8) is 0 Å². The topological polar surface area (TPSA) is 52.6 Å². The van der Waals surface area contributed by atoms with Crippen LogP contribution in [-0.2, 0) is 25.5 Å². The van der Waals surface area contributed by atoms with E-state index in [1.165, 1.54) is 76.2 Å². The van der Waals surface area contributed by atoms with Crippen LogP contribution in [0.2, 0.25) is 0 Å². The van der Waals surface area contributed by atoms with Crippen molar-refractivity contribution in [3.05, 3.63) is 48.0 Å². The molecule has 1 aromatic rings. The summed E-state index contributed by atoms with van der Waals surface area (Å²) in [6, 6.07) is 10.1. The predicted molar refractivity (Wildman–Crippen MR) is 132 cm³/mol. The number of hydrogen-bond donors (Lipinski definition) is 0. The number of carbonyl (C=O) groups excluding carboxylic acids is 2. The molecular formula is C28H44O4. The van der Waals surface area contributed by atoms with E-state index in [4.69, 9.17) is 9.47 Å². The summed E-state index contributed by atoms with van der Waals surface area (Å²) >= 11 is 0. The van der Waals surface area contributed by atoms with Gasteiger partial charge in [0.2, 0.25) is 0 Å². The Labute approximate surface area is 195 Å². The number of hydrogen-bond acceptors (Lipinski definition) is 4. The van der Waals surface area contributed by atoms with E-state index >= 15 is 0 Å². The second kappa shape index (κ2) is 20.8. The van der Waals surface area contributed by atoms with Crippen LogP contribution in [0.25, 0.3) is 0 Å². The molecule has 0 amide bonds. The summed E-state index contributed by atoms with van der Waals surface area (Å²) < 4.78 is 10.2. The minimum atomic E-state index is -0.504. The van der Waals surface area contributed by atoms with Gasteiger partial charge in [-0.2, -0.15) is 0 Å². The van der Waals surface area contributed by atoms with Crippen LogP contribution in [0.3, 0.4) is 0 Å². The van der Waals surface area contributed by atoms with Crippen molar-refractivity contribution in [1.29, 1.82) is 0 Å². The Morgan fingerprint density at radius 3 is 1.56 bits per heavy atom. The number of carbonyl (C=O) groups is 2. The number of esters is 2. The largest absolute Gasteiger partial charge is 0.463 e. The van der Waals surface area contributed by atoms with Crippen LogP contribution in [0.4, 0.5) is 0 Å². The molecule has 0 aliphatic rings. The second-order valence-electron chi connectivity index (χ2n) is 8.50. The summed E-state index contributed by atoms with van der Waals surface area (Å²) in [5.41, 5.74) is 1.22. The average Bonchev–Trinajstić information content (AvgIpc) is 2.81. The summed E-state index contributed by atoms with van der Waals surface area (Å²) in [5, 5.41) is 0. The summed E-state index contributed by atoms with van der Waals surface area (Å²) in [7, 11) is 0. The number of rotatable bonds is 20. The van der Waals surface area contributed by atoms with E-state index in [1.54, 1.807) is 0 Å². The fourth-order valence-corrected chi connectivity index (χ4v) is 3.62. The van der Waals surface area contributed by atoms with Crippen molar-refractivity contribution in [2.75, 3.05) is 13.2 Å². The molecule has 0 saturated heterocycles. The Morgan fingerprint density at radius 2 is 1.06 bits per heavy atom. The molecule has 0 aliphatic heterocycles. The molecule has 0 aliphatic carbocycles. The fourth-order valence-electron chi connectivity index (χ4n) is 3.62. The number of benzene rings is 1. The summed E-state index contributed by atoms with van der Waals surface area (Å²) in [6.45, 7) is 3.01. The third kappa shape index (κ3) is 17.6. The normalized spacial score (nSPS) is 11.0. The third-order valence-corrected chi connectivity index (χ3v) is 5.54. The van der Waals surface area contributed by atoms with Gasteiger partial charge in [0.25, 0.3) is 0 Å². The van der Waals surface area contributed by atoms with Gasteiger partial charge in [-0.3, -0.25) is 0 Å². The lowest BCUT2D eigenvalue weighted by Gasteiger charge is -2.04. The van der Waals surface area contributed by atoms with Gasteiger partial charge in [-0.05, 0) is 24.8 Å². The molecule has 0 unspecified atom stereocenters. The molecule has 4 nitrogen and oxygen atoms in total. The van der Waals surface area contributed by atoms with E-state index in [0.717, 1.165) is 37.8 Å². The second-order valence-corrected chi connectivity index (χ2v) is 8.50. The Morgan fingerprint density at radius 1 is 0.625 bits per heavy atom. The SMILES string of the molecule is CCCCCCCCCCCCCCCOC(=O)/C=C/C(=O)OCCCc1ccccc1. The van der Waals surface area contributed by atoms with Crippen molar-refractivity contribution < 1.29 is 19.1 Å². The minimum Gasteiger partial charge on any atom is -0.463 e. The van der Waals surface area contributed by atoms with Gasteiger partial charge in [0.1, 0.15) is 0 Å². The predicted octanol–water partition coefficient (Wildman–Crippen LogP) is 7.35. The molecule has 0 bridgehead atoms. The van der Waals surface area contributed by atoms with Gasteiger partial charge in [-0.25, -0.2) is 9.59 Å². The Balaban J connectivity index is 1.87. The van der Waals surface area contributed by atoms with Crippen LogP contribution < -0.4 is 0 Å². The Kier molecular flexibility index (Phi) is 18.1.